The van der Waals surface area contributed by atoms with Gasteiger partial charge in [0.2, 0.25) is 0 Å². The van der Waals surface area contributed by atoms with E-state index in [4.69, 9.17) is 5.84 Å². The Bertz CT molecular complexity index is 527. The van der Waals surface area contributed by atoms with Gasteiger partial charge in [0.05, 0.1) is 22.4 Å². The fourth-order valence-corrected chi connectivity index (χ4v) is 2.00. The maximum absolute atomic E-state index is 13.2. The topological polar surface area (TPSA) is 68.8 Å². The molecule has 2 rings (SSSR count). The number of benzene rings is 1. The van der Waals surface area contributed by atoms with E-state index in [-0.39, 0.29) is 11.9 Å². The highest BCUT2D eigenvalue weighted by Gasteiger charge is 2.17. The van der Waals surface area contributed by atoms with Crippen molar-refractivity contribution < 1.29 is 4.39 Å². The van der Waals surface area contributed by atoms with Crippen molar-refractivity contribution in [3.63, 3.8) is 0 Å². The van der Waals surface area contributed by atoms with Crippen LogP contribution in [0.1, 0.15) is 17.3 Å². The van der Waals surface area contributed by atoms with E-state index in [9.17, 15) is 4.39 Å². The van der Waals surface area contributed by atoms with Crippen LogP contribution in [0.5, 0.6) is 0 Å². The van der Waals surface area contributed by atoms with Gasteiger partial charge in [-0.3, -0.25) is 10.5 Å². The number of hydrazine groups is 1. The molecular formula is C10H11BrFN5. The number of nitrogens with one attached hydrogen (secondary N) is 1. The Morgan fingerprint density at radius 2 is 2.29 bits per heavy atom. The number of hydrogen-bond acceptors (Lipinski definition) is 4. The van der Waals surface area contributed by atoms with Gasteiger partial charge >= 0.3 is 0 Å². The molecule has 0 saturated carbocycles. The molecule has 90 valence electrons. The molecule has 7 heteroatoms. The van der Waals surface area contributed by atoms with Crippen LogP contribution < -0.4 is 11.3 Å². The Morgan fingerprint density at radius 3 is 2.82 bits per heavy atom. The van der Waals surface area contributed by atoms with Crippen LogP contribution in [0, 0.1) is 5.82 Å². The van der Waals surface area contributed by atoms with E-state index in [0.717, 1.165) is 11.3 Å². The molecule has 0 spiro atoms. The highest BCUT2D eigenvalue weighted by Crippen LogP contribution is 2.24. The zero-order valence-electron chi connectivity index (χ0n) is 9.06. The second-order valence-electron chi connectivity index (χ2n) is 3.56. The zero-order chi connectivity index (χ0) is 12.4. The zero-order valence-corrected chi connectivity index (χ0v) is 10.6. The number of halogens is 2. The quantitative estimate of drug-likeness (QED) is 0.661. The lowest BCUT2D eigenvalue weighted by atomic mass is 10.0. The molecule has 2 aromatic rings. The van der Waals surface area contributed by atoms with Crippen molar-refractivity contribution in [2.24, 2.45) is 12.9 Å². The fourth-order valence-electron chi connectivity index (χ4n) is 1.60. The van der Waals surface area contributed by atoms with E-state index < -0.39 is 0 Å². The highest BCUT2D eigenvalue weighted by molar-refractivity contribution is 9.10. The first kappa shape index (κ1) is 12.2. The molecule has 1 aromatic carbocycles. The molecule has 1 atom stereocenters. The van der Waals surface area contributed by atoms with Crippen LogP contribution in [0.2, 0.25) is 0 Å². The first-order valence-electron chi connectivity index (χ1n) is 4.89. The van der Waals surface area contributed by atoms with Crippen LogP contribution in [0.25, 0.3) is 0 Å². The number of rotatable bonds is 3. The lowest BCUT2D eigenvalue weighted by molar-refractivity contribution is 0.566. The van der Waals surface area contributed by atoms with Crippen molar-refractivity contribution in [1.82, 2.24) is 20.4 Å². The van der Waals surface area contributed by atoms with Crippen molar-refractivity contribution >= 4 is 15.9 Å². The van der Waals surface area contributed by atoms with Crippen molar-refractivity contribution in [3.8, 4) is 0 Å². The lowest BCUT2D eigenvalue weighted by Gasteiger charge is -2.16. The molecule has 0 aliphatic carbocycles. The number of nitrogens with two attached hydrogens (primary N) is 1. The van der Waals surface area contributed by atoms with E-state index in [2.05, 4.69) is 31.7 Å². The largest absolute Gasteiger partial charge is 0.271 e. The molecule has 0 bridgehead atoms. The minimum absolute atomic E-state index is 0.285. The lowest BCUT2D eigenvalue weighted by Crippen LogP contribution is -2.30. The van der Waals surface area contributed by atoms with Crippen molar-refractivity contribution in [2.45, 2.75) is 6.04 Å². The summed E-state index contributed by atoms with van der Waals surface area (Å²) < 4.78 is 15.2. The maximum Gasteiger partial charge on any atom is 0.137 e. The Hall–Kier alpha value is -1.31. The SMILES string of the molecule is Cn1nncc1C(NN)c1ccc(F)c(Br)c1. The van der Waals surface area contributed by atoms with Crippen LogP contribution >= 0.6 is 15.9 Å². The van der Waals surface area contributed by atoms with E-state index >= 15 is 0 Å². The average Bonchev–Trinajstić information content (AvgIpc) is 2.71. The normalized spacial score (nSPS) is 12.7. The molecule has 1 heterocycles. The number of hydrogen-bond donors (Lipinski definition) is 2. The molecule has 0 fully saturated rings. The molecule has 0 amide bonds. The smallest absolute Gasteiger partial charge is 0.137 e. The Kier molecular flexibility index (Phi) is 3.51. The van der Waals surface area contributed by atoms with Crippen LogP contribution in [0.3, 0.4) is 0 Å². The number of nitrogens with zero attached hydrogens (tertiary/aromatic N) is 3. The van der Waals surface area contributed by atoms with Gasteiger partial charge in [-0.2, -0.15) is 0 Å². The van der Waals surface area contributed by atoms with Crippen LogP contribution in [0.15, 0.2) is 28.9 Å². The van der Waals surface area contributed by atoms with Gasteiger partial charge in [-0.1, -0.05) is 11.3 Å². The van der Waals surface area contributed by atoms with Gasteiger partial charge in [-0.25, -0.2) is 9.82 Å². The molecule has 0 aliphatic heterocycles. The Balaban J connectivity index is 2.42. The summed E-state index contributed by atoms with van der Waals surface area (Å²) in [5, 5.41) is 7.62. The molecule has 5 nitrogen and oxygen atoms in total. The van der Waals surface area contributed by atoms with Crippen molar-refractivity contribution in [3.05, 3.63) is 45.9 Å². The number of aromatic nitrogens is 3. The van der Waals surface area contributed by atoms with E-state index in [1.165, 1.54) is 6.07 Å². The summed E-state index contributed by atoms with van der Waals surface area (Å²) in [6, 6.07) is 4.43. The van der Waals surface area contributed by atoms with Crippen LogP contribution in [-0.4, -0.2) is 15.0 Å². The van der Waals surface area contributed by atoms with Gasteiger partial charge in [0.15, 0.2) is 0 Å². The number of aryl methyl sites for hydroxylation is 1. The van der Waals surface area contributed by atoms with E-state index in [1.54, 1.807) is 30.1 Å². The van der Waals surface area contributed by atoms with Gasteiger partial charge in [-0.05, 0) is 33.6 Å². The summed E-state index contributed by atoms with van der Waals surface area (Å²) in [7, 11) is 1.77. The summed E-state index contributed by atoms with van der Waals surface area (Å²) in [6.45, 7) is 0. The molecule has 17 heavy (non-hydrogen) atoms. The van der Waals surface area contributed by atoms with Crippen LogP contribution in [-0.2, 0) is 7.05 Å². The van der Waals surface area contributed by atoms with Gasteiger partial charge in [0.25, 0.3) is 0 Å². The van der Waals surface area contributed by atoms with Gasteiger partial charge in [-0.15, -0.1) is 5.10 Å². The highest BCUT2D eigenvalue weighted by atomic mass is 79.9. The monoisotopic (exact) mass is 299 g/mol. The molecule has 1 unspecified atom stereocenters. The first-order chi connectivity index (χ1) is 8.13. The summed E-state index contributed by atoms with van der Waals surface area (Å²) >= 11 is 3.14. The van der Waals surface area contributed by atoms with Gasteiger partial charge in [0.1, 0.15) is 5.82 Å². The third-order valence-electron chi connectivity index (χ3n) is 2.49. The van der Waals surface area contributed by atoms with E-state index in [0.29, 0.717) is 4.47 Å². The Labute approximate surface area is 106 Å². The predicted molar refractivity (Wildman–Crippen MR) is 64.3 cm³/mol. The Morgan fingerprint density at radius 1 is 1.53 bits per heavy atom. The first-order valence-corrected chi connectivity index (χ1v) is 5.68. The van der Waals surface area contributed by atoms with Crippen molar-refractivity contribution in [2.75, 3.05) is 0 Å². The van der Waals surface area contributed by atoms with Gasteiger partial charge < -0.3 is 0 Å². The molecule has 3 N–H and O–H groups in total. The standard InChI is InChI=1S/C10H11BrFN5/c1-17-9(5-14-16-17)10(15-13)6-2-3-8(12)7(11)4-6/h2-5,10,15H,13H2,1H3. The molecular weight excluding hydrogens is 289 g/mol. The van der Waals surface area contributed by atoms with Crippen LogP contribution in [0.4, 0.5) is 4.39 Å². The maximum atomic E-state index is 13.2. The summed E-state index contributed by atoms with van der Waals surface area (Å²) in [5.41, 5.74) is 4.29. The van der Waals surface area contributed by atoms with E-state index in [1.807, 2.05) is 0 Å². The van der Waals surface area contributed by atoms with Crippen molar-refractivity contribution in [1.29, 1.82) is 0 Å². The summed E-state index contributed by atoms with van der Waals surface area (Å²) in [6.07, 6.45) is 1.61. The third kappa shape index (κ3) is 2.36. The fraction of sp³-hybridized carbons (Fsp3) is 0.200. The molecule has 0 saturated heterocycles. The molecule has 1 aromatic heterocycles. The summed E-state index contributed by atoms with van der Waals surface area (Å²) in [5.74, 6) is 5.21. The molecule has 0 aliphatic rings. The third-order valence-corrected chi connectivity index (χ3v) is 3.10. The summed E-state index contributed by atoms with van der Waals surface area (Å²) in [4.78, 5) is 0. The second-order valence-corrected chi connectivity index (χ2v) is 4.41. The minimum Gasteiger partial charge on any atom is -0.271 e. The average molecular weight is 300 g/mol. The predicted octanol–water partition coefficient (Wildman–Crippen LogP) is 1.27. The second kappa shape index (κ2) is 4.91. The molecule has 0 radical (unpaired) electrons. The minimum atomic E-state index is -0.312. The van der Waals surface area contributed by atoms with Gasteiger partial charge in [0, 0.05) is 7.05 Å².